The first kappa shape index (κ1) is 17.8. The van der Waals surface area contributed by atoms with Crippen molar-refractivity contribution >= 4 is 27.3 Å². The van der Waals surface area contributed by atoms with E-state index in [0.717, 1.165) is 11.1 Å². The van der Waals surface area contributed by atoms with Crippen molar-refractivity contribution in [3.63, 3.8) is 0 Å². The molecule has 2 rings (SSSR count). The molecule has 2 aromatic carbocycles. The molecular formula is C17H20N2O4S. The second-order valence-electron chi connectivity index (χ2n) is 5.42. The van der Waals surface area contributed by atoms with Gasteiger partial charge < -0.3 is 10.1 Å². The summed E-state index contributed by atoms with van der Waals surface area (Å²) in [5, 5.41) is 2.59. The molecule has 0 bridgehead atoms. The maximum atomic E-state index is 12.7. The van der Waals surface area contributed by atoms with E-state index in [1.807, 2.05) is 32.0 Å². The molecule has 0 aromatic heterocycles. The molecule has 0 saturated heterocycles. The summed E-state index contributed by atoms with van der Waals surface area (Å²) in [6.45, 7) is 5.04. The lowest BCUT2D eigenvalue weighted by molar-refractivity contribution is -0.114. The smallest absolute Gasteiger partial charge is 0.262 e. The molecule has 1 amide bonds. The van der Waals surface area contributed by atoms with Crippen molar-refractivity contribution in [3.8, 4) is 5.75 Å². The molecule has 2 N–H and O–H groups in total. The highest BCUT2D eigenvalue weighted by atomic mass is 32.2. The second kappa shape index (κ2) is 6.92. The van der Waals surface area contributed by atoms with Gasteiger partial charge in [-0.1, -0.05) is 18.2 Å². The SMILES string of the molecule is COc1cc(S(=O)(=O)Nc2c(C)cccc2C)ccc1NC(C)=O. The molecule has 0 saturated carbocycles. The predicted molar refractivity (Wildman–Crippen MR) is 94.0 cm³/mol. The number of sulfonamides is 1. The molecule has 7 heteroatoms. The Morgan fingerprint density at radius 3 is 2.25 bits per heavy atom. The fraction of sp³-hybridized carbons (Fsp3) is 0.235. The Morgan fingerprint density at radius 2 is 1.71 bits per heavy atom. The second-order valence-corrected chi connectivity index (χ2v) is 7.10. The number of amides is 1. The molecule has 0 aliphatic heterocycles. The fourth-order valence-corrected chi connectivity index (χ4v) is 3.52. The number of hydrogen-bond acceptors (Lipinski definition) is 4. The normalized spacial score (nSPS) is 11.0. The Morgan fingerprint density at radius 1 is 1.08 bits per heavy atom. The van der Waals surface area contributed by atoms with Gasteiger partial charge in [-0.2, -0.15) is 0 Å². The standard InChI is InChI=1S/C17H20N2O4S/c1-11-6-5-7-12(2)17(11)19-24(21,22)14-8-9-15(18-13(3)20)16(10-14)23-4/h5-10,19H,1-4H3,(H,18,20). The van der Waals surface area contributed by atoms with E-state index >= 15 is 0 Å². The Hall–Kier alpha value is -2.54. The lowest BCUT2D eigenvalue weighted by Crippen LogP contribution is -2.15. The van der Waals surface area contributed by atoms with Crippen LogP contribution in [0.4, 0.5) is 11.4 Å². The van der Waals surface area contributed by atoms with Crippen LogP contribution in [0.2, 0.25) is 0 Å². The number of carbonyl (C=O) groups excluding carboxylic acids is 1. The maximum absolute atomic E-state index is 12.7. The highest BCUT2D eigenvalue weighted by molar-refractivity contribution is 7.92. The summed E-state index contributed by atoms with van der Waals surface area (Å²) in [5.41, 5.74) is 2.64. The third-order valence-electron chi connectivity index (χ3n) is 3.51. The number of hydrogen-bond donors (Lipinski definition) is 2. The van der Waals surface area contributed by atoms with Gasteiger partial charge in [-0.15, -0.1) is 0 Å². The van der Waals surface area contributed by atoms with Crippen molar-refractivity contribution in [1.29, 1.82) is 0 Å². The number of aryl methyl sites for hydroxylation is 2. The van der Waals surface area contributed by atoms with Crippen LogP contribution in [0.3, 0.4) is 0 Å². The van der Waals surface area contributed by atoms with Gasteiger partial charge >= 0.3 is 0 Å². The van der Waals surface area contributed by atoms with Crippen molar-refractivity contribution in [2.45, 2.75) is 25.7 Å². The van der Waals surface area contributed by atoms with Gasteiger partial charge in [0.25, 0.3) is 10.0 Å². The summed E-state index contributed by atoms with van der Waals surface area (Å²) in [6.07, 6.45) is 0. The number of anilines is 2. The maximum Gasteiger partial charge on any atom is 0.262 e. The third kappa shape index (κ3) is 3.86. The molecule has 0 aliphatic carbocycles. The first-order valence-electron chi connectivity index (χ1n) is 7.29. The van der Waals surface area contributed by atoms with Gasteiger partial charge in [-0.25, -0.2) is 8.42 Å². The molecule has 24 heavy (non-hydrogen) atoms. The molecule has 0 atom stereocenters. The van der Waals surface area contributed by atoms with Crippen LogP contribution in [0.5, 0.6) is 5.75 Å². The Balaban J connectivity index is 2.41. The summed E-state index contributed by atoms with van der Waals surface area (Å²) >= 11 is 0. The van der Waals surface area contributed by atoms with Crippen LogP contribution in [0.1, 0.15) is 18.1 Å². The highest BCUT2D eigenvalue weighted by Crippen LogP contribution is 2.29. The summed E-state index contributed by atoms with van der Waals surface area (Å²) < 4.78 is 33.1. The lowest BCUT2D eigenvalue weighted by atomic mass is 10.1. The van der Waals surface area contributed by atoms with Gasteiger partial charge in [-0.3, -0.25) is 9.52 Å². The van der Waals surface area contributed by atoms with Crippen LogP contribution in [0.15, 0.2) is 41.3 Å². The minimum absolute atomic E-state index is 0.0519. The number of benzene rings is 2. The number of para-hydroxylation sites is 1. The molecular weight excluding hydrogens is 328 g/mol. The lowest BCUT2D eigenvalue weighted by Gasteiger charge is -2.15. The molecule has 128 valence electrons. The molecule has 0 fully saturated rings. The molecule has 6 nitrogen and oxygen atoms in total. The Kier molecular flexibility index (Phi) is 5.14. The van der Waals surface area contributed by atoms with E-state index in [2.05, 4.69) is 10.0 Å². The first-order chi connectivity index (χ1) is 11.2. The predicted octanol–water partition coefficient (Wildman–Crippen LogP) is 3.07. The topological polar surface area (TPSA) is 84.5 Å². The largest absolute Gasteiger partial charge is 0.495 e. The molecule has 0 spiro atoms. The van der Waals surface area contributed by atoms with Gasteiger partial charge in [0, 0.05) is 13.0 Å². The van der Waals surface area contributed by atoms with Gasteiger partial charge in [0.2, 0.25) is 5.91 Å². The van der Waals surface area contributed by atoms with Crippen molar-refractivity contribution in [1.82, 2.24) is 0 Å². The molecule has 0 aliphatic rings. The van der Waals surface area contributed by atoms with E-state index in [0.29, 0.717) is 11.4 Å². The van der Waals surface area contributed by atoms with E-state index in [1.165, 1.54) is 32.2 Å². The average Bonchev–Trinajstić information content (AvgIpc) is 2.51. The van der Waals surface area contributed by atoms with Gasteiger partial charge in [0.05, 0.1) is 23.4 Å². The number of ether oxygens (including phenoxy) is 1. The molecule has 0 radical (unpaired) electrons. The van der Waals surface area contributed by atoms with Crippen LogP contribution >= 0.6 is 0 Å². The molecule has 0 heterocycles. The molecule has 0 unspecified atom stereocenters. The van der Waals surface area contributed by atoms with E-state index in [4.69, 9.17) is 4.74 Å². The van der Waals surface area contributed by atoms with Crippen LogP contribution < -0.4 is 14.8 Å². The van der Waals surface area contributed by atoms with Crippen LogP contribution in [-0.4, -0.2) is 21.4 Å². The number of carbonyl (C=O) groups is 1. The first-order valence-corrected chi connectivity index (χ1v) is 8.77. The zero-order valence-electron chi connectivity index (χ0n) is 14.0. The quantitative estimate of drug-likeness (QED) is 0.870. The van der Waals surface area contributed by atoms with Crippen molar-refractivity contribution in [2.24, 2.45) is 0 Å². The Labute approximate surface area is 141 Å². The fourth-order valence-electron chi connectivity index (χ4n) is 2.30. The van der Waals surface area contributed by atoms with Gasteiger partial charge in [-0.05, 0) is 37.1 Å². The summed E-state index contributed by atoms with van der Waals surface area (Å²) in [5.74, 6) is 0.00662. The van der Waals surface area contributed by atoms with Crippen molar-refractivity contribution in [3.05, 3.63) is 47.5 Å². The monoisotopic (exact) mass is 348 g/mol. The number of nitrogens with one attached hydrogen (secondary N) is 2. The average molecular weight is 348 g/mol. The number of rotatable bonds is 5. The highest BCUT2D eigenvalue weighted by Gasteiger charge is 2.19. The molecule has 2 aromatic rings. The van der Waals surface area contributed by atoms with E-state index in [-0.39, 0.29) is 16.6 Å². The van der Waals surface area contributed by atoms with Crippen LogP contribution in [0.25, 0.3) is 0 Å². The van der Waals surface area contributed by atoms with E-state index in [9.17, 15) is 13.2 Å². The van der Waals surface area contributed by atoms with Crippen LogP contribution in [-0.2, 0) is 14.8 Å². The van der Waals surface area contributed by atoms with Gasteiger partial charge in [0.1, 0.15) is 5.75 Å². The zero-order chi connectivity index (χ0) is 17.9. The Bertz CT molecular complexity index is 856. The van der Waals surface area contributed by atoms with Gasteiger partial charge in [0.15, 0.2) is 0 Å². The summed E-state index contributed by atoms with van der Waals surface area (Å²) in [6, 6.07) is 9.84. The van der Waals surface area contributed by atoms with Crippen LogP contribution in [0, 0.1) is 13.8 Å². The number of methoxy groups -OCH3 is 1. The summed E-state index contributed by atoms with van der Waals surface area (Å²) in [7, 11) is -2.37. The van der Waals surface area contributed by atoms with E-state index in [1.54, 1.807) is 0 Å². The zero-order valence-corrected chi connectivity index (χ0v) is 14.8. The third-order valence-corrected chi connectivity index (χ3v) is 4.86. The van der Waals surface area contributed by atoms with Crippen molar-refractivity contribution in [2.75, 3.05) is 17.1 Å². The van der Waals surface area contributed by atoms with Crippen molar-refractivity contribution < 1.29 is 17.9 Å². The van der Waals surface area contributed by atoms with E-state index < -0.39 is 10.0 Å². The minimum Gasteiger partial charge on any atom is -0.495 e. The minimum atomic E-state index is -3.78. The summed E-state index contributed by atoms with van der Waals surface area (Å²) in [4.78, 5) is 11.2.